The highest BCUT2D eigenvalue weighted by Crippen LogP contribution is 2.24. The van der Waals surface area contributed by atoms with Crippen molar-refractivity contribution in [3.05, 3.63) is 29.8 Å². The zero-order valence-corrected chi connectivity index (χ0v) is 13.9. The molecule has 1 amide bonds. The molecule has 1 aromatic carbocycles. The molecule has 1 aromatic rings. The van der Waals surface area contributed by atoms with Crippen LogP contribution in [0.4, 0.5) is 14.5 Å². The summed E-state index contributed by atoms with van der Waals surface area (Å²) in [5.74, 6) is -2.70. The Kier molecular flexibility index (Phi) is 5.23. The van der Waals surface area contributed by atoms with Crippen LogP contribution in [-0.4, -0.2) is 32.7 Å². The first-order valence-corrected chi connectivity index (χ1v) is 9.30. The monoisotopic (exact) mass is 346 g/mol. The molecule has 1 unspecified atom stereocenters. The van der Waals surface area contributed by atoms with Crippen molar-refractivity contribution in [1.82, 2.24) is 5.32 Å². The first-order chi connectivity index (χ1) is 10.7. The van der Waals surface area contributed by atoms with Gasteiger partial charge in [0.2, 0.25) is 15.9 Å². The van der Waals surface area contributed by atoms with Gasteiger partial charge in [-0.25, -0.2) is 17.2 Å². The van der Waals surface area contributed by atoms with E-state index in [-0.39, 0.29) is 11.7 Å². The number of nitrogens with one attached hydrogen (secondary N) is 1. The predicted molar refractivity (Wildman–Crippen MR) is 83.5 cm³/mol. The summed E-state index contributed by atoms with van der Waals surface area (Å²) in [7, 11) is -3.84. The molecule has 0 bridgehead atoms. The first kappa shape index (κ1) is 17.7. The van der Waals surface area contributed by atoms with Gasteiger partial charge in [-0.1, -0.05) is 12.8 Å². The lowest BCUT2D eigenvalue weighted by Gasteiger charge is -2.29. The van der Waals surface area contributed by atoms with E-state index in [2.05, 4.69) is 5.32 Å². The van der Waals surface area contributed by atoms with E-state index in [4.69, 9.17) is 0 Å². The highest BCUT2D eigenvalue weighted by molar-refractivity contribution is 7.92. The van der Waals surface area contributed by atoms with Gasteiger partial charge < -0.3 is 5.32 Å². The van der Waals surface area contributed by atoms with Crippen LogP contribution >= 0.6 is 0 Å². The van der Waals surface area contributed by atoms with Gasteiger partial charge in [-0.05, 0) is 31.9 Å². The normalized spacial score (nSPS) is 17.0. The number of anilines is 1. The highest BCUT2D eigenvalue weighted by atomic mass is 32.2. The van der Waals surface area contributed by atoms with Crippen molar-refractivity contribution >= 4 is 21.6 Å². The Morgan fingerprint density at radius 3 is 2.39 bits per heavy atom. The number of hydrogen-bond donors (Lipinski definition) is 1. The average Bonchev–Trinajstić information content (AvgIpc) is 2.94. The standard InChI is InChI=1S/C15H20F2N2O3S/c1-10(15(20)18-11-5-3-4-6-11)19(23(2,21)22)12-7-8-13(16)14(17)9-12/h7-11H,3-6H2,1-2H3,(H,18,20). The number of halogens is 2. The molecular formula is C15H20F2N2O3S. The summed E-state index contributed by atoms with van der Waals surface area (Å²) in [4.78, 5) is 12.3. The molecule has 0 radical (unpaired) electrons. The van der Waals surface area contributed by atoms with E-state index >= 15 is 0 Å². The number of hydrogen-bond acceptors (Lipinski definition) is 3. The molecule has 5 nitrogen and oxygen atoms in total. The van der Waals surface area contributed by atoms with Gasteiger partial charge in [0, 0.05) is 12.1 Å². The van der Waals surface area contributed by atoms with Crippen LogP contribution in [0.2, 0.25) is 0 Å². The summed E-state index contributed by atoms with van der Waals surface area (Å²) in [6, 6.07) is 1.73. The number of carbonyl (C=O) groups is 1. The van der Waals surface area contributed by atoms with Crippen molar-refractivity contribution in [2.75, 3.05) is 10.6 Å². The van der Waals surface area contributed by atoms with E-state index in [1.165, 1.54) is 6.92 Å². The van der Waals surface area contributed by atoms with E-state index < -0.39 is 33.6 Å². The number of amides is 1. The van der Waals surface area contributed by atoms with Gasteiger partial charge in [0.15, 0.2) is 11.6 Å². The van der Waals surface area contributed by atoms with Gasteiger partial charge in [-0.3, -0.25) is 9.10 Å². The third-order valence-electron chi connectivity index (χ3n) is 3.95. The SMILES string of the molecule is CC(C(=O)NC1CCCC1)N(c1ccc(F)c(F)c1)S(C)(=O)=O. The second kappa shape index (κ2) is 6.82. The maximum absolute atomic E-state index is 13.4. The van der Waals surface area contributed by atoms with Crippen LogP contribution < -0.4 is 9.62 Å². The molecule has 23 heavy (non-hydrogen) atoms. The number of nitrogens with zero attached hydrogens (tertiary/aromatic N) is 1. The van der Waals surface area contributed by atoms with Crippen molar-refractivity contribution in [2.24, 2.45) is 0 Å². The molecular weight excluding hydrogens is 326 g/mol. The quantitative estimate of drug-likeness (QED) is 0.889. The third kappa shape index (κ3) is 4.19. The fourth-order valence-electron chi connectivity index (χ4n) is 2.82. The summed E-state index contributed by atoms with van der Waals surface area (Å²) in [5.41, 5.74) is -0.0829. The fraction of sp³-hybridized carbons (Fsp3) is 0.533. The maximum Gasteiger partial charge on any atom is 0.243 e. The summed E-state index contributed by atoms with van der Waals surface area (Å²) in [6.07, 6.45) is 4.70. The van der Waals surface area contributed by atoms with Gasteiger partial charge in [-0.15, -0.1) is 0 Å². The van der Waals surface area contributed by atoms with Crippen LogP contribution in [0.5, 0.6) is 0 Å². The van der Waals surface area contributed by atoms with Crippen LogP contribution in [0.25, 0.3) is 0 Å². The Bertz CT molecular complexity index is 688. The predicted octanol–water partition coefficient (Wildman–Crippen LogP) is 2.18. The van der Waals surface area contributed by atoms with Gasteiger partial charge >= 0.3 is 0 Å². The summed E-state index contributed by atoms with van der Waals surface area (Å²) < 4.78 is 51.4. The second-order valence-corrected chi connectivity index (χ2v) is 7.68. The van der Waals surface area contributed by atoms with Crippen molar-refractivity contribution < 1.29 is 22.0 Å². The van der Waals surface area contributed by atoms with Gasteiger partial charge in [-0.2, -0.15) is 0 Å². The van der Waals surface area contributed by atoms with Gasteiger partial charge in [0.05, 0.1) is 11.9 Å². The lowest BCUT2D eigenvalue weighted by atomic mass is 10.2. The zero-order valence-electron chi connectivity index (χ0n) is 13.1. The molecule has 0 aliphatic heterocycles. The van der Waals surface area contributed by atoms with Crippen LogP contribution in [0, 0.1) is 11.6 Å². The van der Waals surface area contributed by atoms with Crippen LogP contribution in [-0.2, 0) is 14.8 Å². The molecule has 1 saturated carbocycles. The first-order valence-electron chi connectivity index (χ1n) is 7.45. The number of rotatable bonds is 5. The fourth-order valence-corrected chi connectivity index (χ4v) is 3.99. The molecule has 1 N–H and O–H groups in total. The van der Waals surface area contributed by atoms with Crippen molar-refractivity contribution in [3.8, 4) is 0 Å². The Labute approximate surface area is 134 Å². The second-order valence-electron chi connectivity index (χ2n) is 5.82. The van der Waals surface area contributed by atoms with Crippen molar-refractivity contribution in [3.63, 3.8) is 0 Å². The molecule has 1 fully saturated rings. The molecule has 8 heteroatoms. The summed E-state index contributed by atoms with van der Waals surface area (Å²) >= 11 is 0. The van der Waals surface area contributed by atoms with E-state index in [1.807, 2.05) is 0 Å². The smallest absolute Gasteiger partial charge is 0.243 e. The molecule has 128 valence electrons. The number of carbonyl (C=O) groups excluding carboxylic acids is 1. The average molecular weight is 346 g/mol. The zero-order chi connectivity index (χ0) is 17.2. The molecule has 0 heterocycles. The van der Waals surface area contributed by atoms with Crippen LogP contribution in [0.15, 0.2) is 18.2 Å². The molecule has 1 atom stereocenters. The third-order valence-corrected chi connectivity index (χ3v) is 5.19. The van der Waals surface area contributed by atoms with E-state index in [9.17, 15) is 22.0 Å². The van der Waals surface area contributed by atoms with Crippen molar-refractivity contribution in [1.29, 1.82) is 0 Å². The number of sulfonamides is 1. The minimum Gasteiger partial charge on any atom is -0.352 e. The lowest BCUT2D eigenvalue weighted by molar-refractivity contribution is -0.122. The largest absolute Gasteiger partial charge is 0.352 e. The Morgan fingerprint density at radius 2 is 1.87 bits per heavy atom. The lowest BCUT2D eigenvalue weighted by Crippen LogP contribution is -2.50. The maximum atomic E-state index is 13.4. The van der Waals surface area contributed by atoms with Crippen LogP contribution in [0.1, 0.15) is 32.6 Å². The van der Waals surface area contributed by atoms with Gasteiger partial charge in [0.25, 0.3) is 0 Å². The van der Waals surface area contributed by atoms with Crippen LogP contribution in [0.3, 0.4) is 0 Å². The summed E-state index contributed by atoms with van der Waals surface area (Å²) in [5, 5.41) is 2.81. The minimum absolute atomic E-state index is 0.0383. The molecule has 1 aliphatic rings. The Morgan fingerprint density at radius 1 is 1.26 bits per heavy atom. The minimum atomic E-state index is -3.84. The van der Waals surface area contributed by atoms with Crippen molar-refractivity contribution in [2.45, 2.75) is 44.7 Å². The van der Waals surface area contributed by atoms with Gasteiger partial charge in [0.1, 0.15) is 6.04 Å². The van der Waals surface area contributed by atoms with E-state index in [1.54, 1.807) is 0 Å². The number of benzene rings is 1. The van der Waals surface area contributed by atoms with E-state index in [0.29, 0.717) is 0 Å². The molecule has 2 rings (SSSR count). The topological polar surface area (TPSA) is 66.5 Å². The molecule has 0 saturated heterocycles. The highest BCUT2D eigenvalue weighted by Gasteiger charge is 2.31. The Hall–Kier alpha value is -1.70. The molecule has 0 spiro atoms. The molecule has 0 aromatic heterocycles. The van der Waals surface area contributed by atoms with E-state index in [0.717, 1.165) is 54.4 Å². The summed E-state index contributed by atoms with van der Waals surface area (Å²) in [6.45, 7) is 1.42. The Balaban J connectivity index is 2.27. The molecule has 1 aliphatic carbocycles.